The minimum absolute atomic E-state index is 0.0758. The van der Waals surface area contributed by atoms with Crippen LogP contribution >= 0.6 is 0 Å². The molecule has 0 amide bonds. The number of para-hydroxylation sites is 2. The third kappa shape index (κ3) is 13.7. The zero-order valence-electron chi connectivity index (χ0n) is 29.2. The molecule has 0 radical (unpaired) electrons. The molecule has 0 fully saturated rings. The Labute approximate surface area is 280 Å². The second-order valence-electron chi connectivity index (χ2n) is 12.8. The highest BCUT2D eigenvalue weighted by Gasteiger charge is 2.16. The van der Waals surface area contributed by atoms with Crippen molar-refractivity contribution < 1.29 is 19.0 Å². The van der Waals surface area contributed by atoms with Gasteiger partial charge in [0.15, 0.2) is 11.5 Å². The fourth-order valence-electron chi connectivity index (χ4n) is 5.87. The molecule has 4 nitrogen and oxygen atoms in total. The molecule has 252 valence electrons. The molecule has 2 atom stereocenters. The lowest BCUT2D eigenvalue weighted by atomic mass is 10.0. The van der Waals surface area contributed by atoms with Crippen LogP contribution in [0.2, 0.25) is 0 Å². The van der Waals surface area contributed by atoms with Crippen LogP contribution in [0.1, 0.15) is 152 Å². The van der Waals surface area contributed by atoms with Crippen molar-refractivity contribution in [3.63, 3.8) is 0 Å². The largest absolute Gasteiger partial charge is 0.487 e. The van der Waals surface area contributed by atoms with Gasteiger partial charge in [0.25, 0.3) is 0 Å². The summed E-state index contributed by atoms with van der Waals surface area (Å²) < 4.78 is 18.4. The first-order chi connectivity index (χ1) is 22.5. The first-order valence-corrected chi connectivity index (χ1v) is 18.4. The highest BCUT2D eigenvalue weighted by Crippen LogP contribution is 2.31. The van der Waals surface area contributed by atoms with Gasteiger partial charge in [-0.25, -0.2) is 4.79 Å². The van der Waals surface area contributed by atoms with E-state index in [1.807, 2.05) is 48.5 Å². The van der Waals surface area contributed by atoms with Crippen molar-refractivity contribution in [2.45, 2.75) is 143 Å². The van der Waals surface area contributed by atoms with Crippen LogP contribution in [-0.2, 0) is 4.74 Å². The Morgan fingerprint density at radius 1 is 0.587 bits per heavy atom. The maximum atomic E-state index is 13.2. The average Bonchev–Trinajstić information content (AvgIpc) is 3.08. The monoisotopic (exact) mass is 628 g/mol. The van der Waals surface area contributed by atoms with Gasteiger partial charge in [0.05, 0.1) is 17.8 Å². The van der Waals surface area contributed by atoms with E-state index in [0.29, 0.717) is 17.1 Å². The molecule has 3 aromatic carbocycles. The van der Waals surface area contributed by atoms with Crippen molar-refractivity contribution in [1.29, 1.82) is 0 Å². The first-order valence-electron chi connectivity index (χ1n) is 18.4. The Hall–Kier alpha value is -3.11. The highest BCUT2D eigenvalue weighted by molar-refractivity contribution is 5.92. The van der Waals surface area contributed by atoms with Gasteiger partial charge in [0.2, 0.25) is 0 Å². The number of esters is 1. The Kier molecular flexibility index (Phi) is 18.2. The van der Waals surface area contributed by atoms with E-state index in [4.69, 9.17) is 14.2 Å². The SMILES string of the molecule is CCCCCCCCCCCC(CCC)Oc1ccccc1OC(=O)c1ccc(-c2ccc(C(C)OCCCCCC)cc2)cc1. The van der Waals surface area contributed by atoms with E-state index in [9.17, 15) is 4.79 Å². The molecular formula is C42H60O4. The van der Waals surface area contributed by atoms with Gasteiger partial charge >= 0.3 is 5.97 Å². The third-order valence-corrected chi connectivity index (χ3v) is 8.79. The summed E-state index contributed by atoms with van der Waals surface area (Å²) in [6.07, 6.45) is 20.0. The van der Waals surface area contributed by atoms with Gasteiger partial charge < -0.3 is 14.2 Å². The molecular weight excluding hydrogens is 568 g/mol. The smallest absolute Gasteiger partial charge is 0.343 e. The first kappa shape index (κ1) is 37.3. The van der Waals surface area contributed by atoms with Gasteiger partial charge in [0, 0.05) is 6.61 Å². The van der Waals surface area contributed by atoms with E-state index in [2.05, 4.69) is 52.0 Å². The van der Waals surface area contributed by atoms with Crippen molar-refractivity contribution in [3.8, 4) is 22.6 Å². The molecule has 0 saturated carbocycles. The van der Waals surface area contributed by atoms with Crippen LogP contribution in [0.5, 0.6) is 11.5 Å². The molecule has 0 saturated heterocycles. The Morgan fingerprint density at radius 3 is 1.74 bits per heavy atom. The topological polar surface area (TPSA) is 44.8 Å². The number of hydrogen-bond acceptors (Lipinski definition) is 4. The van der Waals surface area contributed by atoms with E-state index in [-0.39, 0.29) is 18.2 Å². The quantitative estimate of drug-likeness (QED) is 0.0562. The molecule has 0 aliphatic carbocycles. The molecule has 0 aromatic heterocycles. The number of carbonyl (C=O) groups is 1. The molecule has 46 heavy (non-hydrogen) atoms. The molecule has 0 heterocycles. The number of benzene rings is 3. The molecule has 0 N–H and O–H groups in total. The minimum Gasteiger partial charge on any atom is -0.487 e. The summed E-state index contributed by atoms with van der Waals surface area (Å²) in [5, 5.41) is 0. The van der Waals surface area contributed by atoms with Crippen LogP contribution in [0, 0.1) is 0 Å². The fourth-order valence-corrected chi connectivity index (χ4v) is 5.87. The summed E-state index contributed by atoms with van der Waals surface area (Å²) in [4.78, 5) is 13.2. The van der Waals surface area contributed by atoms with Crippen LogP contribution in [0.4, 0.5) is 0 Å². The normalized spacial score (nSPS) is 12.5. The van der Waals surface area contributed by atoms with Crippen LogP contribution in [0.3, 0.4) is 0 Å². The van der Waals surface area contributed by atoms with Gasteiger partial charge in [-0.1, -0.05) is 146 Å². The van der Waals surface area contributed by atoms with Crippen molar-refractivity contribution in [2.24, 2.45) is 0 Å². The van der Waals surface area contributed by atoms with E-state index in [0.717, 1.165) is 43.4 Å². The second kappa shape index (κ2) is 22.4. The summed E-state index contributed by atoms with van der Waals surface area (Å²) in [7, 11) is 0. The zero-order chi connectivity index (χ0) is 32.8. The molecule has 2 unspecified atom stereocenters. The Balaban J connectivity index is 1.50. The lowest BCUT2D eigenvalue weighted by Crippen LogP contribution is -2.17. The predicted molar refractivity (Wildman–Crippen MR) is 193 cm³/mol. The van der Waals surface area contributed by atoms with Gasteiger partial charge in [-0.05, 0) is 73.6 Å². The van der Waals surface area contributed by atoms with Crippen LogP contribution in [-0.4, -0.2) is 18.7 Å². The van der Waals surface area contributed by atoms with E-state index < -0.39 is 0 Å². The summed E-state index contributed by atoms with van der Waals surface area (Å²) in [6, 6.07) is 23.7. The fraction of sp³-hybridized carbons (Fsp3) is 0.548. The average molecular weight is 629 g/mol. The Morgan fingerprint density at radius 2 is 1.13 bits per heavy atom. The molecule has 0 bridgehead atoms. The van der Waals surface area contributed by atoms with Gasteiger partial charge in [-0.15, -0.1) is 0 Å². The predicted octanol–water partition coefficient (Wildman–Crippen LogP) is 12.7. The number of rotatable bonds is 24. The lowest BCUT2D eigenvalue weighted by Gasteiger charge is -2.20. The van der Waals surface area contributed by atoms with Crippen molar-refractivity contribution in [2.75, 3.05) is 6.61 Å². The van der Waals surface area contributed by atoms with Gasteiger partial charge in [-0.2, -0.15) is 0 Å². The maximum absolute atomic E-state index is 13.2. The van der Waals surface area contributed by atoms with E-state index >= 15 is 0 Å². The van der Waals surface area contributed by atoms with Crippen LogP contribution in [0.25, 0.3) is 11.1 Å². The van der Waals surface area contributed by atoms with Crippen molar-refractivity contribution >= 4 is 5.97 Å². The molecule has 0 aliphatic rings. The molecule has 0 spiro atoms. The van der Waals surface area contributed by atoms with E-state index in [1.165, 1.54) is 82.6 Å². The lowest BCUT2D eigenvalue weighted by molar-refractivity contribution is 0.0628. The molecule has 0 aliphatic heterocycles. The second-order valence-corrected chi connectivity index (χ2v) is 12.8. The highest BCUT2D eigenvalue weighted by atomic mass is 16.6. The van der Waals surface area contributed by atoms with Crippen LogP contribution < -0.4 is 9.47 Å². The number of ether oxygens (including phenoxy) is 3. The molecule has 3 aromatic rings. The number of hydrogen-bond donors (Lipinski definition) is 0. The Bertz CT molecular complexity index is 1220. The number of unbranched alkanes of at least 4 members (excludes halogenated alkanes) is 11. The standard InChI is InChI=1S/C42H60O4/c1-5-8-10-12-13-14-15-16-17-22-39(21-7-3)45-40-23-18-19-24-41(40)46-42(43)38-31-29-37(30-32-38)36-27-25-35(26-28-36)34(4)44-33-20-11-9-6-2/h18-19,23-32,34,39H,5-17,20-22,33H2,1-4H3. The van der Waals surface area contributed by atoms with Gasteiger partial charge in [0.1, 0.15) is 0 Å². The maximum Gasteiger partial charge on any atom is 0.343 e. The van der Waals surface area contributed by atoms with Gasteiger partial charge in [-0.3, -0.25) is 0 Å². The minimum atomic E-state index is -0.381. The molecule has 4 heteroatoms. The summed E-state index contributed by atoms with van der Waals surface area (Å²) in [5.41, 5.74) is 3.85. The zero-order valence-corrected chi connectivity index (χ0v) is 29.2. The summed E-state index contributed by atoms with van der Waals surface area (Å²) >= 11 is 0. The van der Waals surface area contributed by atoms with Crippen molar-refractivity contribution in [3.05, 3.63) is 83.9 Å². The van der Waals surface area contributed by atoms with Crippen LogP contribution in [0.15, 0.2) is 72.8 Å². The van der Waals surface area contributed by atoms with Crippen molar-refractivity contribution in [1.82, 2.24) is 0 Å². The van der Waals surface area contributed by atoms with E-state index in [1.54, 1.807) is 0 Å². The third-order valence-electron chi connectivity index (χ3n) is 8.79. The molecule has 3 rings (SSSR count). The summed E-state index contributed by atoms with van der Waals surface area (Å²) in [6.45, 7) is 9.60. The number of carbonyl (C=O) groups excluding carboxylic acids is 1. The summed E-state index contributed by atoms with van der Waals surface area (Å²) in [5.74, 6) is 0.733.